The molecule has 0 aliphatic heterocycles. The highest BCUT2D eigenvalue weighted by Gasteiger charge is 2.13. The molecule has 0 saturated carbocycles. The number of carbonyl (C=O) groups is 1. The third kappa shape index (κ3) is 3.65. The van der Waals surface area contributed by atoms with Crippen molar-refractivity contribution in [2.75, 3.05) is 6.54 Å². The first kappa shape index (κ1) is 17.0. The van der Waals surface area contributed by atoms with Crippen LogP contribution in [0, 0.1) is 20.8 Å². The van der Waals surface area contributed by atoms with Crippen molar-refractivity contribution in [2.24, 2.45) is 0 Å². The van der Waals surface area contributed by atoms with Gasteiger partial charge in [-0.25, -0.2) is 4.98 Å². The molecule has 0 unspecified atom stereocenters. The summed E-state index contributed by atoms with van der Waals surface area (Å²) in [7, 11) is 0. The monoisotopic (exact) mass is 403 g/mol. The van der Waals surface area contributed by atoms with Crippen molar-refractivity contribution >= 4 is 44.1 Å². The number of halogens is 1. The molecule has 24 heavy (non-hydrogen) atoms. The fraction of sp³-hybridized carbons (Fsp3) is 0.278. The number of pyridine rings is 1. The van der Waals surface area contributed by atoms with Gasteiger partial charge in [-0.2, -0.15) is 0 Å². The lowest BCUT2D eigenvalue weighted by molar-refractivity contribution is 0.0955. The van der Waals surface area contributed by atoms with Gasteiger partial charge in [0, 0.05) is 33.4 Å². The van der Waals surface area contributed by atoms with Gasteiger partial charge >= 0.3 is 0 Å². The van der Waals surface area contributed by atoms with Crippen LogP contribution in [0.3, 0.4) is 0 Å². The predicted octanol–water partition coefficient (Wildman–Crippen LogP) is 4.35. The van der Waals surface area contributed by atoms with Gasteiger partial charge in [-0.3, -0.25) is 9.78 Å². The van der Waals surface area contributed by atoms with Gasteiger partial charge in [0.2, 0.25) is 0 Å². The number of rotatable bonds is 4. The number of hydrogen-bond acceptors (Lipinski definition) is 4. The second kappa shape index (κ2) is 6.99. The van der Waals surface area contributed by atoms with E-state index in [1.54, 1.807) is 11.3 Å². The Morgan fingerprint density at radius 1 is 1.21 bits per heavy atom. The number of thiazole rings is 1. The molecular formula is C18H18BrN3OS. The van der Waals surface area contributed by atoms with E-state index in [2.05, 4.69) is 31.2 Å². The molecule has 0 atom stereocenters. The standard InChI is InChI=1S/C18H18BrN3OS/c1-10-8-15(14-9-13(19)4-5-16(14)21-10)18(23)20-7-6-17-11(2)22-12(3)24-17/h4-5,8-9H,6-7H2,1-3H3,(H,20,23). The third-order valence-corrected chi connectivity index (χ3v) is 5.41. The Bertz CT molecular complexity index is 920. The van der Waals surface area contributed by atoms with E-state index in [1.807, 2.05) is 45.0 Å². The molecule has 3 rings (SSSR count). The number of hydrogen-bond donors (Lipinski definition) is 1. The second-order valence-corrected chi connectivity index (χ2v) is 7.92. The van der Waals surface area contributed by atoms with Crippen molar-refractivity contribution in [3.8, 4) is 0 Å². The van der Waals surface area contributed by atoms with E-state index in [9.17, 15) is 4.79 Å². The molecule has 1 amide bonds. The van der Waals surface area contributed by atoms with Crippen molar-refractivity contribution in [3.05, 3.63) is 55.6 Å². The van der Waals surface area contributed by atoms with Crippen molar-refractivity contribution in [2.45, 2.75) is 27.2 Å². The van der Waals surface area contributed by atoms with Crippen LogP contribution in [0.2, 0.25) is 0 Å². The van der Waals surface area contributed by atoms with Crippen LogP contribution in [0.5, 0.6) is 0 Å². The molecule has 0 saturated heterocycles. The van der Waals surface area contributed by atoms with Gasteiger partial charge in [0.25, 0.3) is 5.91 Å². The molecule has 3 aromatic rings. The Morgan fingerprint density at radius 2 is 2.00 bits per heavy atom. The number of aromatic nitrogens is 2. The first-order valence-electron chi connectivity index (χ1n) is 7.72. The van der Waals surface area contributed by atoms with Crippen LogP contribution < -0.4 is 5.32 Å². The second-order valence-electron chi connectivity index (χ2n) is 5.72. The Morgan fingerprint density at radius 3 is 2.71 bits per heavy atom. The Labute approximate surface area is 153 Å². The number of nitrogens with one attached hydrogen (secondary N) is 1. The minimum atomic E-state index is -0.0671. The summed E-state index contributed by atoms with van der Waals surface area (Å²) in [4.78, 5) is 22.8. The molecular weight excluding hydrogens is 386 g/mol. The van der Waals surface area contributed by atoms with Crippen LogP contribution in [0.4, 0.5) is 0 Å². The summed E-state index contributed by atoms with van der Waals surface area (Å²) in [6.45, 7) is 6.52. The molecule has 4 nitrogen and oxygen atoms in total. The SMILES string of the molecule is Cc1cc(C(=O)NCCc2sc(C)nc2C)c2cc(Br)ccc2n1. The fourth-order valence-corrected chi connectivity index (χ4v) is 4.01. The summed E-state index contributed by atoms with van der Waals surface area (Å²) < 4.78 is 0.936. The average Bonchev–Trinajstić information content (AvgIpc) is 2.84. The van der Waals surface area contributed by atoms with Gasteiger partial charge in [-0.15, -0.1) is 11.3 Å². The Balaban J connectivity index is 1.78. The van der Waals surface area contributed by atoms with E-state index in [1.165, 1.54) is 4.88 Å². The summed E-state index contributed by atoms with van der Waals surface area (Å²) in [5, 5.41) is 4.94. The minimum Gasteiger partial charge on any atom is -0.352 e. The van der Waals surface area contributed by atoms with E-state index < -0.39 is 0 Å². The lowest BCUT2D eigenvalue weighted by Gasteiger charge is -2.09. The van der Waals surface area contributed by atoms with Crippen LogP contribution >= 0.6 is 27.3 Å². The van der Waals surface area contributed by atoms with E-state index in [-0.39, 0.29) is 5.91 Å². The van der Waals surface area contributed by atoms with Crippen molar-refractivity contribution in [3.63, 3.8) is 0 Å². The van der Waals surface area contributed by atoms with Gasteiger partial charge in [-0.05, 0) is 45.0 Å². The molecule has 0 aliphatic rings. The van der Waals surface area contributed by atoms with Crippen LogP contribution in [-0.4, -0.2) is 22.4 Å². The lowest BCUT2D eigenvalue weighted by atomic mass is 10.1. The third-order valence-electron chi connectivity index (χ3n) is 3.78. The lowest BCUT2D eigenvalue weighted by Crippen LogP contribution is -2.26. The summed E-state index contributed by atoms with van der Waals surface area (Å²) >= 11 is 5.15. The molecule has 0 aliphatic carbocycles. The number of carbonyl (C=O) groups excluding carboxylic acids is 1. The van der Waals surface area contributed by atoms with Gasteiger partial charge in [-0.1, -0.05) is 15.9 Å². The van der Waals surface area contributed by atoms with E-state index in [0.717, 1.165) is 38.2 Å². The molecule has 2 aromatic heterocycles. The van der Waals surface area contributed by atoms with Crippen molar-refractivity contribution in [1.29, 1.82) is 0 Å². The number of nitrogens with zero attached hydrogens (tertiary/aromatic N) is 2. The summed E-state index contributed by atoms with van der Waals surface area (Å²) in [5.74, 6) is -0.0671. The fourth-order valence-electron chi connectivity index (χ4n) is 2.71. The van der Waals surface area contributed by atoms with Crippen molar-refractivity contribution < 1.29 is 4.79 Å². The summed E-state index contributed by atoms with van der Waals surface area (Å²) in [6.07, 6.45) is 0.800. The maximum Gasteiger partial charge on any atom is 0.252 e. The normalized spacial score (nSPS) is 11.0. The van der Waals surface area contributed by atoms with E-state index in [0.29, 0.717) is 12.1 Å². The number of amides is 1. The van der Waals surface area contributed by atoms with Crippen LogP contribution in [0.25, 0.3) is 10.9 Å². The molecule has 1 aromatic carbocycles. The largest absolute Gasteiger partial charge is 0.352 e. The molecule has 0 spiro atoms. The van der Waals surface area contributed by atoms with Gasteiger partial charge < -0.3 is 5.32 Å². The molecule has 0 radical (unpaired) electrons. The molecule has 2 heterocycles. The molecule has 1 N–H and O–H groups in total. The van der Waals surface area contributed by atoms with Crippen LogP contribution in [0.15, 0.2) is 28.7 Å². The Hall–Kier alpha value is -1.79. The minimum absolute atomic E-state index is 0.0671. The summed E-state index contributed by atoms with van der Waals surface area (Å²) in [5.41, 5.74) is 3.39. The maximum atomic E-state index is 12.6. The first-order valence-corrected chi connectivity index (χ1v) is 9.33. The van der Waals surface area contributed by atoms with E-state index in [4.69, 9.17) is 0 Å². The predicted molar refractivity (Wildman–Crippen MR) is 102 cm³/mol. The highest BCUT2D eigenvalue weighted by Crippen LogP contribution is 2.23. The zero-order valence-electron chi connectivity index (χ0n) is 13.8. The zero-order valence-corrected chi connectivity index (χ0v) is 16.2. The average molecular weight is 404 g/mol. The van der Waals surface area contributed by atoms with Gasteiger partial charge in [0.15, 0.2) is 0 Å². The number of aryl methyl sites for hydroxylation is 3. The molecule has 0 bridgehead atoms. The number of benzene rings is 1. The van der Waals surface area contributed by atoms with Crippen LogP contribution in [-0.2, 0) is 6.42 Å². The zero-order chi connectivity index (χ0) is 17.3. The Kier molecular flexibility index (Phi) is 4.96. The maximum absolute atomic E-state index is 12.6. The van der Waals surface area contributed by atoms with Crippen LogP contribution in [0.1, 0.15) is 31.6 Å². The van der Waals surface area contributed by atoms with Gasteiger partial charge in [0.05, 0.1) is 21.8 Å². The molecule has 0 fully saturated rings. The highest BCUT2D eigenvalue weighted by atomic mass is 79.9. The molecule has 124 valence electrons. The quantitative estimate of drug-likeness (QED) is 0.704. The van der Waals surface area contributed by atoms with E-state index >= 15 is 0 Å². The smallest absolute Gasteiger partial charge is 0.252 e. The highest BCUT2D eigenvalue weighted by molar-refractivity contribution is 9.10. The summed E-state index contributed by atoms with van der Waals surface area (Å²) in [6, 6.07) is 7.64. The first-order chi connectivity index (χ1) is 11.4. The topological polar surface area (TPSA) is 54.9 Å². The molecule has 6 heteroatoms. The number of fused-ring (bicyclic) bond motifs is 1. The van der Waals surface area contributed by atoms with Gasteiger partial charge in [0.1, 0.15) is 0 Å². The van der Waals surface area contributed by atoms with Crippen molar-refractivity contribution in [1.82, 2.24) is 15.3 Å².